The van der Waals surface area contributed by atoms with Crippen molar-refractivity contribution in [2.75, 3.05) is 13.7 Å². The van der Waals surface area contributed by atoms with Crippen molar-refractivity contribution in [3.63, 3.8) is 0 Å². The van der Waals surface area contributed by atoms with Crippen molar-refractivity contribution >= 4 is 23.0 Å². The van der Waals surface area contributed by atoms with Crippen molar-refractivity contribution in [1.82, 2.24) is 0 Å². The first-order valence-corrected chi connectivity index (χ1v) is 8.24. The van der Waals surface area contributed by atoms with Crippen molar-refractivity contribution in [2.45, 2.75) is 13.8 Å². The largest absolute Gasteiger partial charge is 0.496 e. The zero-order valence-corrected chi connectivity index (χ0v) is 14.7. The minimum absolute atomic E-state index is 0.0778. The van der Waals surface area contributed by atoms with Crippen LogP contribution in [0.1, 0.15) is 29.8 Å². The Morgan fingerprint density at radius 1 is 1.12 bits per heavy atom. The summed E-state index contributed by atoms with van der Waals surface area (Å²) in [7, 11) is 1.56. The molecule has 0 N–H and O–H groups in total. The Bertz CT molecular complexity index is 804. The van der Waals surface area contributed by atoms with Gasteiger partial charge in [-0.1, -0.05) is 43.6 Å². The molecule has 0 fully saturated rings. The highest BCUT2D eigenvalue weighted by molar-refractivity contribution is 6.32. The molecule has 0 amide bonds. The highest BCUT2D eigenvalue weighted by atomic mass is 35.5. The van der Waals surface area contributed by atoms with E-state index < -0.39 is 0 Å². The molecule has 0 aromatic heterocycles. The van der Waals surface area contributed by atoms with Gasteiger partial charge in [0.25, 0.3) is 0 Å². The third-order valence-electron chi connectivity index (χ3n) is 4.20. The van der Waals surface area contributed by atoms with E-state index in [9.17, 15) is 4.79 Å². The first-order chi connectivity index (χ1) is 11.5. The normalized spacial score (nSPS) is 14.3. The Morgan fingerprint density at radius 2 is 1.83 bits per heavy atom. The van der Waals surface area contributed by atoms with Crippen LogP contribution in [0.4, 0.5) is 0 Å². The van der Waals surface area contributed by atoms with Gasteiger partial charge in [-0.15, -0.1) is 0 Å². The molecule has 0 saturated carbocycles. The van der Waals surface area contributed by atoms with Crippen molar-refractivity contribution in [3.05, 3.63) is 64.2 Å². The Morgan fingerprint density at radius 3 is 2.46 bits per heavy atom. The van der Waals surface area contributed by atoms with Crippen LogP contribution in [0.25, 0.3) is 5.57 Å². The van der Waals surface area contributed by atoms with Gasteiger partial charge in [0.15, 0.2) is 0 Å². The summed E-state index contributed by atoms with van der Waals surface area (Å²) in [5.74, 6) is 1.18. The van der Waals surface area contributed by atoms with Crippen molar-refractivity contribution < 1.29 is 14.3 Å². The smallest absolute Gasteiger partial charge is 0.201 e. The second-order valence-corrected chi connectivity index (χ2v) is 6.45. The van der Waals surface area contributed by atoms with Gasteiger partial charge in [-0.2, -0.15) is 0 Å². The number of allylic oxidation sites excluding steroid dienone is 1. The lowest BCUT2D eigenvalue weighted by molar-refractivity contribution is 0.105. The lowest BCUT2D eigenvalue weighted by Gasteiger charge is -2.15. The zero-order valence-electron chi connectivity index (χ0n) is 13.9. The summed E-state index contributed by atoms with van der Waals surface area (Å²) in [5.41, 5.74) is 2.96. The number of fused-ring (bicyclic) bond motifs is 1. The minimum Gasteiger partial charge on any atom is -0.496 e. The number of methoxy groups -OCH3 is 1. The molecule has 2 aromatic carbocycles. The van der Waals surface area contributed by atoms with E-state index in [2.05, 4.69) is 13.8 Å². The number of Topliss-reactive ketones (excluding diaryl/α,β-unsaturated/α-hetero) is 1. The molecule has 0 saturated heterocycles. The Balaban J connectivity index is 2.23. The summed E-state index contributed by atoms with van der Waals surface area (Å²) in [4.78, 5) is 13.4. The number of hydrogen-bond donors (Lipinski definition) is 0. The average molecular weight is 343 g/mol. The minimum atomic E-state index is -0.0778. The van der Waals surface area contributed by atoms with Gasteiger partial charge in [0, 0.05) is 10.6 Å². The molecular formula is C20H19ClO3. The van der Waals surface area contributed by atoms with Gasteiger partial charge in [0.2, 0.25) is 5.78 Å². The molecule has 3 nitrogen and oxygen atoms in total. The van der Waals surface area contributed by atoms with Gasteiger partial charge in [-0.25, -0.2) is 0 Å². The van der Waals surface area contributed by atoms with E-state index in [1.165, 1.54) is 0 Å². The molecule has 0 aliphatic carbocycles. The highest BCUT2D eigenvalue weighted by Gasteiger charge is 2.29. The molecule has 0 atom stereocenters. The predicted octanol–water partition coefficient (Wildman–Crippen LogP) is 5.03. The fourth-order valence-corrected chi connectivity index (χ4v) is 3.04. The Labute approximate surface area is 146 Å². The molecule has 1 aliphatic heterocycles. The maximum atomic E-state index is 13.4. The molecule has 0 bridgehead atoms. The third kappa shape index (κ3) is 2.92. The van der Waals surface area contributed by atoms with E-state index in [0.29, 0.717) is 34.3 Å². The fraction of sp³-hybridized carbons (Fsp3) is 0.250. The fourth-order valence-electron chi connectivity index (χ4n) is 2.91. The van der Waals surface area contributed by atoms with E-state index >= 15 is 0 Å². The second-order valence-electron chi connectivity index (χ2n) is 6.01. The molecular weight excluding hydrogens is 324 g/mol. The summed E-state index contributed by atoms with van der Waals surface area (Å²) in [6, 6.07) is 12.7. The van der Waals surface area contributed by atoms with Crippen LogP contribution in [0.5, 0.6) is 11.5 Å². The molecule has 2 aromatic rings. The molecule has 0 spiro atoms. The molecule has 3 rings (SSSR count). The lowest BCUT2D eigenvalue weighted by atomic mass is 9.88. The van der Waals surface area contributed by atoms with E-state index in [4.69, 9.17) is 21.1 Å². The number of ether oxygens (including phenoxy) is 2. The van der Waals surface area contributed by atoms with Gasteiger partial charge in [-0.05, 0) is 41.3 Å². The van der Waals surface area contributed by atoms with E-state index in [1.807, 2.05) is 18.2 Å². The first-order valence-electron chi connectivity index (χ1n) is 7.86. The van der Waals surface area contributed by atoms with E-state index in [1.54, 1.807) is 31.4 Å². The number of carbonyl (C=O) groups excluding carboxylic acids is 1. The summed E-state index contributed by atoms with van der Waals surface area (Å²) in [6.07, 6.45) is 0. The average Bonchev–Trinajstić information content (AvgIpc) is 2.72. The molecule has 0 radical (unpaired) electrons. The predicted molar refractivity (Wildman–Crippen MR) is 96.0 cm³/mol. The number of ketones is 1. The van der Waals surface area contributed by atoms with Gasteiger partial charge in [0.1, 0.15) is 23.7 Å². The van der Waals surface area contributed by atoms with Gasteiger partial charge in [-0.3, -0.25) is 4.79 Å². The third-order valence-corrected chi connectivity index (χ3v) is 4.45. The van der Waals surface area contributed by atoms with Crippen LogP contribution < -0.4 is 9.47 Å². The summed E-state index contributed by atoms with van der Waals surface area (Å²) >= 11 is 6.00. The molecule has 4 heteroatoms. The Kier molecular flexibility index (Phi) is 4.63. The van der Waals surface area contributed by atoms with Gasteiger partial charge >= 0.3 is 0 Å². The summed E-state index contributed by atoms with van der Waals surface area (Å²) in [5, 5.41) is 0.640. The van der Waals surface area contributed by atoms with E-state index in [-0.39, 0.29) is 11.7 Å². The zero-order chi connectivity index (χ0) is 17.3. The number of benzene rings is 2. The standard InChI is InChI=1S/C20H19ClO3/c1-12(2)15-11-24-17-6-4-5-16(23-3)19(17)20(22)18(15)13-7-9-14(21)10-8-13/h4-10,12H,11H2,1-3H3. The summed E-state index contributed by atoms with van der Waals surface area (Å²) < 4.78 is 11.3. The second kappa shape index (κ2) is 6.70. The van der Waals surface area contributed by atoms with Crippen molar-refractivity contribution in [2.24, 2.45) is 5.92 Å². The Hall–Kier alpha value is -2.26. The monoisotopic (exact) mass is 342 g/mol. The van der Waals surface area contributed by atoms with Gasteiger partial charge < -0.3 is 9.47 Å². The van der Waals surface area contributed by atoms with Crippen molar-refractivity contribution in [3.8, 4) is 11.5 Å². The van der Waals surface area contributed by atoms with Crippen LogP contribution in [0, 0.1) is 5.92 Å². The lowest BCUT2D eigenvalue weighted by Crippen LogP contribution is -2.10. The van der Waals surface area contributed by atoms with Crippen LogP contribution in [0.2, 0.25) is 5.02 Å². The number of halogens is 1. The van der Waals surface area contributed by atoms with Crippen LogP contribution in [0.3, 0.4) is 0 Å². The van der Waals surface area contributed by atoms with E-state index in [0.717, 1.165) is 11.1 Å². The van der Waals surface area contributed by atoms with Crippen LogP contribution in [-0.4, -0.2) is 19.5 Å². The molecule has 24 heavy (non-hydrogen) atoms. The summed E-state index contributed by atoms with van der Waals surface area (Å²) in [6.45, 7) is 4.51. The van der Waals surface area contributed by atoms with Crippen molar-refractivity contribution in [1.29, 1.82) is 0 Å². The maximum Gasteiger partial charge on any atom is 0.201 e. The topological polar surface area (TPSA) is 35.5 Å². The quantitative estimate of drug-likeness (QED) is 0.784. The molecule has 0 unspecified atom stereocenters. The molecule has 1 heterocycles. The van der Waals surface area contributed by atoms with Crippen LogP contribution in [0.15, 0.2) is 48.0 Å². The molecule has 124 valence electrons. The number of hydrogen-bond acceptors (Lipinski definition) is 3. The first kappa shape index (κ1) is 16.6. The SMILES string of the molecule is COc1cccc2c1C(=O)C(c1ccc(Cl)cc1)=C(C(C)C)CO2. The van der Waals surface area contributed by atoms with Gasteiger partial charge in [0.05, 0.1) is 7.11 Å². The molecule has 1 aliphatic rings. The van der Waals surface area contributed by atoms with Crippen LogP contribution >= 0.6 is 11.6 Å². The highest BCUT2D eigenvalue weighted by Crippen LogP contribution is 2.38. The number of rotatable bonds is 3. The maximum absolute atomic E-state index is 13.4. The number of carbonyl (C=O) groups is 1. The van der Waals surface area contributed by atoms with Crippen LogP contribution in [-0.2, 0) is 0 Å².